The summed E-state index contributed by atoms with van der Waals surface area (Å²) in [6, 6.07) is 9.46. The fraction of sp³-hybridized carbons (Fsp3) is 0. The van der Waals surface area contributed by atoms with Gasteiger partial charge in [-0.05, 0) is 24.8 Å². The number of carbonyl (C=O) groups is 1. The van der Waals surface area contributed by atoms with Crippen LogP contribution in [0.4, 0.5) is 0 Å². The van der Waals surface area contributed by atoms with Crippen LogP contribution in [-0.2, 0) is 0 Å². The van der Waals surface area contributed by atoms with Crippen molar-refractivity contribution in [2.24, 2.45) is 0 Å². The highest BCUT2D eigenvalue weighted by Crippen LogP contribution is 2.15. The third-order valence-electron chi connectivity index (χ3n) is 1.75. The molecule has 0 unspecified atom stereocenters. The maximum Gasteiger partial charge on any atom is 0.265 e. The van der Waals surface area contributed by atoms with Crippen molar-refractivity contribution >= 4 is 28.6 Å². The smallest absolute Gasteiger partial charge is 0.265 e. The van der Waals surface area contributed by atoms with E-state index in [0.29, 0.717) is 5.69 Å². The van der Waals surface area contributed by atoms with Crippen LogP contribution in [0.2, 0.25) is 0 Å². The molecule has 0 saturated heterocycles. The molecule has 0 saturated carbocycles. The van der Waals surface area contributed by atoms with Gasteiger partial charge in [-0.25, -0.2) is 0 Å². The summed E-state index contributed by atoms with van der Waals surface area (Å²) in [4.78, 5) is 13.7. The number of rotatable bonds is 1. The topological polar surface area (TPSA) is 32.9 Å². The summed E-state index contributed by atoms with van der Waals surface area (Å²) in [5, 5.41) is 0.678. The number of aromatic nitrogens is 1. The molecule has 3 heteroatoms. The molecule has 0 spiro atoms. The zero-order valence-corrected chi connectivity index (χ0v) is 7.02. The van der Waals surface area contributed by atoms with Crippen LogP contribution in [0.5, 0.6) is 0 Å². The molecule has 0 fully saturated rings. The highest BCUT2D eigenvalue weighted by molar-refractivity contribution is 7.97. The Morgan fingerprint density at radius 3 is 2.75 bits per heavy atom. The number of H-pyrrole nitrogens is 1. The van der Waals surface area contributed by atoms with Gasteiger partial charge in [0.05, 0.1) is 5.69 Å². The lowest BCUT2D eigenvalue weighted by atomic mass is 10.2. The molecule has 59 valence electrons. The van der Waals surface area contributed by atoms with Gasteiger partial charge in [0.2, 0.25) is 0 Å². The van der Waals surface area contributed by atoms with Gasteiger partial charge >= 0.3 is 0 Å². The van der Waals surface area contributed by atoms with Crippen molar-refractivity contribution in [1.29, 1.82) is 0 Å². The molecule has 12 heavy (non-hydrogen) atoms. The van der Waals surface area contributed by atoms with Crippen molar-refractivity contribution in [2.75, 3.05) is 0 Å². The van der Waals surface area contributed by atoms with E-state index < -0.39 is 0 Å². The first-order valence-corrected chi connectivity index (χ1v) is 3.97. The van der Waals surface area contributed by atoms with Crippen LogP contribution in [0.3, 0.4) is 0 Å². The van der Waals surface area contributed by atoms with E-state index >= 15 is 0 Å². The lowest BCUT2D eigenvalue weighted by molar-refractivity contribution is 0.108. The van der Waals surface area contributed by atoms with E-state index in [0.717, 1.165) is 10.9 Å². The Morgan fingerprint density at radius 2 is 2.08 bits per heavy atom. The molecule has 2 nitrogen and oxygen atoms in total. The SMILES string of the molecule is O=C([S])c1cc2ccccc2[nH]1. The third-order valence-corrected chi connectivity index (χ3v) is 1.97. The minimum atomic E-state index is -0.341. The number of aromatic amines is 1. The van der Waals surface area contributed by atoms with E-state index in [1.165, 1.54) is 0 Å². The molecule has 0 amide bonds. The van der Waals surface area contributed by atoms with Crippen LogP contribution in [-0.4, -0.2) is 10.1 Å². The van der Waals surface area contributed by atoms with Crippen molar-refractivity contribution in [1.82, 2.24) is 4.98 Å². The van der Waals surface area contributed by atoms with Crippen LogP contribution in [0.15, 0.2) is 30.3 Å². The van der Waals surface area contributed by atoms with Crippen LogP contribution in [0.1, 0.15) is 10.5 Å². The van der Waals surface area contributed by atoms with Crippen molar-refractivity contribution < 1.29 is 4.79 Å². The zero-order chi connectivity index (χ0) is 8.55. The van der Waals surface area contributed by atoms with Gasteiger partial charge in [-0.1, -0.05) is 18.2 Å². The molecule has 0 atom stereocenters. The summed E-state index contributed by atoms with van der Waals surface area (Å²) in [6.07, 6.45) is 0. The van der Waals surface area contributed by atoms with E-state index in [1.807, 2.05) is 24.3 Å². The first-order chi connectivity index (χ1) is 5.77. The van der Waals surface area contributed by atoms with Crippen LogP contribution in [0, 0.1) is 0 Å². The Kier molecular flexibility index (Phi) is 1.59. The predicted octanol–water partition coefficient (Wildman–Crippen LogP) is 2.51. The monoisotopic (exact) mass is 176 g/mol. The molecule has 1 radical (unpaired) electrons. The van der Waals surface area contributed by atoms with E-state index in [1.54, 1.807) is 6.07 Å². The molecule has 0 aliphatic carbocycles. The summed E-state index contributed by atoms with van der Waals surface area (Å²) in [6.45, 7) is 0. The van der Waals surface area contributed by atoms with Crippen LogP contribution < -0.4 is 0 Å². The number of benzene rings is 1. The molecule has 1 aromatic carbocycles. The molecule has 1 aromatic heterocycles. The number of hydrogen-bond acceptors (Lipinski definition) is 1. The molecule has 2 aromatic rings. The van der Waals surface area contributed by atoms with Gasteiger partial charge in [0.25, 0.3) is 5.12 Å². The number of hydrogen-bond donors (Lipinski definition) is 1. The number of nitrogens with one attached hydrogen (secondary N) is 1. The number of fused-ring (bicyclic) bond motifs is 1. The normalized spacial score (nSPS) is 10.3. The Labute approximate surface area is 75.0 Å². The van der Waals surface area contributed by atoms with Crippen LogP contribution >= 0.6 is 12.6 Å². The average molecular weight is 176 g/mol. The van der Waals surface area contributed by atoms with Crippen LogP contribution in [0.25, 0.3) is 10.9 Å². The molecule has 2 rings (SSSR count). The first kappa shape index (κ1) is 7.31. The molecule has 1 N–H and O–H groups in total. The van der Waals surface area contributed by atoms with Gasteiger partial charge in [0, 0.05) is 10.9 Å². The van der Waals surface area contributed by atoms with Crippen molar-refractivity contribution in [3.63, 3.8) is 0 Å². The summed E-state index contributed by atoms with van der Waals surface area (Å²) in [5.41, 5.74) is 1.44. The Balaban J connectivity index is 2.70. The maximum atomic E-state index is 10.8. The van der Waals surface area contributed by atoms with E-state index in [2.05, 4.69) is 17.6 Å². The summed E-state index contributed by atoms with van der Waals surface area (Å²) >= 11 is 4.52. The molecule has 0 aliphatic rings. The van der Waals surface area contributed by atoms with E-state index in [4.69, 9.17) is 0 Å². The lowest BCUT2D eigenvalue weighted by Crippen LogP contribution is -1.86. The summed E-state index contributed by atoms with van der Waals surface area (Å²) < 4.78 is 0. The van der Waals surface area contributed by atoms with Crippen molar-refractivity contribution in [3.8, 4) is 0 Å². The average Bonchev–Trinajstić information content (AvgIpc) is 2.46. The van der Waals surface area contributed by atoms with Gasteiger partial charge in [-0.15, -0.1) is 0 Å². The second kappa shape index (κ2) is 2.60. The molecule has 0 aliphatic heterocycles. The Bertz CT molecular complexity index is 400. The maximum absolute atomic E-state index is 10.8. The third kappa shape index (κ3) is 1.08. The minimum absolute atomic E-state index is 0.341. The summed E-state index contributed by atoms with van der Waals surface area (Å²) in [5.74, 6) is 0. The van der Waals surface area contributed by atoms with E-state index in [-0.39, 0.29) is 5.12 Å². The van der Waals surface area contributed by atoms with E-state index in [9.17, 15) is 4.79 Å². The first-order valence-electron chi connectivity index (χ1n) is 3.56. The second-order valence-electron chi connectivity index (χ2n) is 2.56. The van der Waals surface area contributed by atoms with Crippen molar-refractivity contribution in [2.45, 2.75) is 0 Å². The minimum Gasteiger partial charge on any atom is -0.351 e. The molecular formula is C9H6NOS. The number of carbonyl (C=O) groups excluding carboxylic acids is 1. The highest BCUT2D eigenvalue weighted by atomic mass is 32.1. The summed E-state index contributed by atoms with van der Waals surface area (Å²) in [7, 11) is 0. The Morgan fingerprint density at radius 1 is 1.33 bits per heavy atom. The van der Waals surface area contributed by atoms with Gasteiger partial charge in [0.15, 0.2) is 0 Å². The lowest BCUT2D eigenvalue weighted by Gasteiger charge is -1.84. The largest absolute Gasteiger partial charge is 0.351 e. The standard InChI is InChI=1S/C9H6NOS/c11-9(12)8-5-6-3-1-2-4-7(6)10-8/h1-5,10H. The molecular weight excluding hydrogens is 170 g/mol. The van der Waals surface area contributed by atoms with Gasteiger partial charge in [-0.3, -0.25) is 4.79 Å². The highest BCUT2D eigenvalue weighted by Gasteiger charge is 2.04. The number of para-hydroxylation sites is 1. The zero-order valence-electron chi connectivity index (χ0n) is 6.20. The fourth-order valence-electron chi connectivity index (χ4n) is 1.18. The molecule has 1 heterocycles. The fourth-order valence-corrected chi connectivity index (χ4v) is 1.29. The Hall–Kier alpha value is -1.35. The predicted molar refractivity (Wildman–Crippen MR) is 50.2 cm³/mol. The quantitative estimate of drug-likeness (QED) is 0.711. The molecule has 0 bridgehead atoms. The van der Waals surface area contributed by atoms with Gasteiger partial charge < -0.3 is 4.98 Å². The van der Waals surface area contributed by atoms with Crippen molar-refractivity contribution in [3.05, 3.63) is 36.0 Å². The van der Waals surface area contributed by atoms with Gasteiger partial charge in [0.1, 0.15) is 0 Å². The second-order valence-corrected chi connectivity index (χ2v) is 2.93. The van der Waals surface area contributed by atoms with Gasteiger partial charge in [-0.2, -0.15) is 0 Å².